The standard InChI is InChI=1S/C19H17N.C12H9Br.C7H9N/c1-3-7-16(8-4-1)15-20-19-13-11-18(12-14-19)17-9-5-2-6-10-17;13-12-8-6-11(7-9-12)10-4-2-1-3-5-10;8-6-7-4-2-1-3-5-7/h1-14,20H,15H2;1-9H;1-5H,6,8H2. The second kappa shape index (κ2) is 16.6. The number of nitrogens with one attached hydrogen (secondary N) is 1. The van der Waals surface area contributed by atoms with Gasteiger partial charge in [0.25, 0.3) is 0 Å². The molecule has 2 nitrogen and oxygen atoms in total. The van der Waals surface area contributed by atoms with Crippen molar-refractivity contribution in [3.8, 4) is 22.3 Å². The molecule has 0 fully saturated rings. The minimum Gasteiger partial charge on any atom is -0.381 e. The molecule has 0 bridgehead atoms. The molecule has 0 aliphatic rings. The van der Waals surface area contributed by atoms with E-state index in [2.05, 4.69) is 143 Å². The summed E-state index contributed by atoms with van der Waals surface area (Å²) in [5, 5.41) is 3.44. The molecule has 0 aliphatic heterocycles. The zero-order chi connectivity index (χ0) is 28.5. The van der Waals surface area contributed by atoms with Gasteiger partial charge in [0.15, 0.2) is 0 Å². The van der Waals surface area contributed by atoms with Crippen LogP contribution in [0.2, 0.25) is 0 Å². The molecule has 3 heteroatoms. The summed E-state index contributed by atoms with van der Waals surface area (Å²) in [5.74, 6) is 0. The average molecular weight is 600 g/mol. The molecule has 6 aromatic carbocycles. The van der Waals surface area contributed by atoms with Crippen molar-refractivity contribution in [2.45, 2.75) is 13.1 Å². The molecule has 204 valence electrons. The van der Waals surface area contributed by atoms with Gasteiger partial charge in [0, 0.05) is 23.2 Å². The van der Waals surface area contributed by atoms with Crippen LogP contribution in [0.4, 0.5) is 5.69 Å². The van der Waals surface area contributed by atoms with E-state index in [-0.39, 0.29) is 0 Å². The number of nitrogens with two attached hydrogens (primary N) is 1. The number of benzene rings is 6. The van der Waals surface area contributed by atoms with Crippen LogP contribution < -0.4 is 11.1 Å². The summed E-state index contributed by atoms with van der Waals surface area (Å²) in [5.41, 5.74) is 14.0. The second-order valence-corrected chi connectivity index (χ2v) is 10.3. The summed E-state index contributed by atoms with van der Waals surface area (Å²) in [7, 11) is 0. The van der Waals surface area contributed by atoms with E-state index in [1.807, 2.05) is 48.5 Å². The molecule has 41 heavy (non-hydrogen) atoms. The highest BCUT2D eigenvalue weighted by Crippen LogP contribution is 2.22. The number of halogens is 1. The van der Waals surface area contributed by atoms with Crippen LogP contribution in [-0.4, -0.2) is 0 Å². The van der Waals surface area contributed by atoms with Crippen LogP contribution in [0.15, 0.2) is 174 Å². The first-order valence-electron chi connectivity index (χ1n) is 13.7. The summed E-state index contributed by atoms with van der Waals surface area (Å²) in [6, 6.07) is 58.1. The number of anilines is 1. The van der Waals surface area contributed by atoms with Crippen LogP contribution in [0.5, 0.6) is 0 Å². The molecule has 0 unspecified atom stereocenters. The van der Waals surface area contributed by atoms with Crippen LogP contribution in [0, 0.1) is 0 Å². The van der Waals surface area contributed by atoms with Crippen LogP contribution >= 0.6 is 15.9 Å². The number of rotatable bonds is 6. The van der Waals surface area contributed by atoms with Gasteiger partial charge in [-0.15, -0.1) is 0 Å². The second-order valence-electron chi connectivity index (χ2n) is 9.35. The molecular formula is C38H35BrN2. The topological polar surface area (TPSA) is 38.0 Å². The first-order chi connectivity index (χ1) is 20.2. The fraction of sp³-hybridized carbons (Fsp3) is 0.0526. The number of hydrogen-bond acceptors (Lipinski definition) is 2. The van der Waals surface area contributed by atoms with Gasteiger partial charge in [0.2, 0.25) is 0 Å². The highest BCUT2D eigenvalue weighted by atomic mass is 79.9. The predicted molar refractivity (Wildman–Crippen MR) is 180 cm³/mol. The zero-order valence-electron chi connectivity index (χ0n) is 23.0. The Morgan fingerprint density at radius 2 is 0.780 bits per heavy atom. The van der Waals surface area contributed by atoms with E-state index >= 15 is 0 Å². The van der Waals surface area contributed by atoms with Crippen molar-refractivity contribution >= 4 is 21.6 Å². The highest BCUT2D eigenvalue weighted by Gasteiger charge is 1.98. The third-order valence-corrected chi connectivity index (χ3v) is 6.89. The smallest absolute Gasteiger partial charge is 0.0400 e. The van der Waals surface area contributed by atoms with Crippen LogP contribution in [0.3, 0.4) is 0 Å². The van der Waals surface area contributed by atoms with E-state index in [1.165, 1.54) is 33.4 Å². The van der Waals surface area contributed by atoms with Gasteiger partial charge in [0.05, 0.1) is 0 Å². The van der Waals surface area contributed by atoms with E-state index in [9.17, 15) is 0 Å². The minimum absolute atomic E-state index is 0.640. The average Bonchev–Trinajstić information content (AvgIpc) is 3.07. The summed E-state index contributed by atoms with van der Waals surface area (Å²) in [6.45, 7) is 1.49. The Labute approximate surface area is 252 Å². The third kappa shape index (κ3) is 10.2. The SMILES string of the molecule is Brc1ccc(-c2ccccc2)cc1.NCc1ccccc1.c1ccc(CNc2ccc(-c3ccccc3)cc2)cc1. The van der Waals surface area contributed by atoms with Crippen molar-refractivity contribution in [3.05, 3.63) is 185 Å². The van der Waals surface area contributed by atoms with Crippen LogP contribution in [0.25, 0.3) is 22.3 Å². The lowest BCUT2D eigenvalue weighted by atomic mass is 10.1. The van der Waals surface area contributed by atoms with Gasteiger partial charge in [-0.1, -0.05) is 162 Å². The molecule has 0 amide bonds. The molecule has 0 spiro atoms. The summed E-state index contributed by atoms with van der Waals surface area (Å²) >= 11 is 3.42. The van der Waals surface area contributed by atoms with E-state index in [0.29, 0.717) is 6.54 Å². The quantitative estimate of drug-likeness (QED) is 0.200. The van der Waals surface area contributed by atoms with Crippen molar-refractivity contribution in [3.63, 3.8) is 0 Å². The van der Waals surface area contributed by atoms with Gasteiger partial charge >= 0.3 is 0 Å². The van der Waals surface area contributed by atoms with Gasteiger partial charge in [-0.05, 0) is 57.6 Å². The summed E-state index contributed by atoms with van der Waals surface area (Å²) in [4.78, 5) is 0. The molecule has 0 radical (unpaired) electrons. The Balaban J connectivity index is 0.000000158. The van der Waals surface area contributed by atoms with E-state index < -0.39 is 0 Å². The lowest BCUT2D eigenvalue weighted by Gasteiger charge is -2.08. The van der Waals surface area contributed by atoms with Crippen molar-refractivity contribution in [2.24, 2.45) is 5.73 Å². The zero-order valence-corrected chi connectivity index (χ0v) is 24.6. The Morgan fingerprint density at radius 1 is 0.415 bits per heavy atom. The molecular weight excluding hydrogens is 564 g/mol. The van der Waals surface area contributed by atoms with Crippen LogP contribution in [0.1, 0.15) is 11.1 Å². The number of hydrogen-bond donors (Lipinski definition) is 2. The fourth-order valence-corrected chi connectivity index (χ4v) is 4.36. The summed E-state index contributed by atoms with van der Waals surface area (Å²) in [6.07, 6.45) is 0. The van der Waals surface area contributed by atoms with E-state index in [0.717, 1.165) is 16.7 Å². The van der Waals surface area contributed by atoms with Gasteiger partial charge in [-0.2, -0.15) is 0 Å². The highest BCUT2D eigenvalue weighted by molar-refractivity contribution is 9.10. The fourth-order valence-electron chi connectivity index (χ4n) is 4.10. The lowest BCUT2D eigenvalue weighted by molar-refractivity contribution is 1.07. The Bertz CT molecular complexity index is 1520. The predicted octanol–water partition coefficient (Wildman–Crippen LogP) is 10.2. The Hall–Kier alpha value is -4.44. The van der Waals surface area contributed by atoms with Crippen molar-refractivity contribution in [1.82, 2.24) is 0 Å². The maximum absolute atomic E-state index is 5.35. The van der Waals surface area contributed by atoms with E-state index in [1.54, 1.807) is 0 Å². The molecule has 0 aromatic heterocycles. The molecule has 0 atom stereocenters. The normalized spacial score (nSPS) is 9.90. The van der Waals surface area contributed by atoms with Gasteiger partial charge < -0.3 is 11.1 Å². The van der Waals surface area contributed by atoms with Gasteiger partial charge in [0.1, 0.15) is 0 Å². The molecule has 6 rings (SSSR count). The molecule has 6 aromatic rings. The largest absolute Gasteiger partial charge is 0.381 e. The Morgan fingerprint density at radius 3 is 1.20 bits per heavy atom. The third-order valence-electron chi connectivity index (χ3n) is 6.36. The first-order valence-corrected chi connectivity index (χ1v) is 14.5. The van der Waals surface area contributed by atoms with Crippen molar-refractivity contribution < 1.29 is 0 Å². The van der Waals surface area contributed by atoms with E-state index in [4.69, 9.17) is 5.73 Å². The minimum atomic E-state index is 0.640. The van der Waals surface area contributed by atoms with Gasteiger partial charge in [-0.25, -0.2) is 0 Å². The van der Waals surface area contributed by atoms with Crippen molar-refractivity contribution in [1.29, 1.82) is 0 Å². The van der Waals surface area contributed by atoms with Crippen molar-refractivity contribution in [2.75, 3.05) is 5.32 Å². The molecule has 0 aliphatic carbocycles. The molecule has 3 N–H and O–H groups in total. The maximum atomic E-state index is 5.35. The Kier molecular flexibility index (Phi) is 12.0. The first kappa shape index (κ1) is 29.5. The van der Waals surface area contributed by atoms with Crippen LogP contribution in [-0.2, 0) is 13.1 Å². The van der Waals surface area contributed by atoms with Gasteiger partial charge in [-0.3, -0.25) is 0 Å². The lowest BCUT2D eigenvalue weighted by Crippen LogP contribution is -1.98. The summed E-state index contributed by atoms with van der Waals surface area (Å²) < 4.78 is 1.12. The maximum Gasteiger partial charge on any atom is 0.0400 e. The molecule has 0 saturated carbocycles. The molecule has 0 heterocycles. The monoisotopic (exact) mass is 598 g/mol. The molecule has 0 saturated heterocycles.